The molecule has 170 valence electrons. The molecular formula is C21H28F3N5O2. The summed E-state index contributed by atoms with van der Waals surface area (Å²) in [6.07, 6.45) is 2.67. The highest BCUT2D eigenvalue weighted by atomic mass is 19.4. The molecule has 7 nitrogen and oxygen atoms in total. The molecule has 2 saturated heterocycles. The Morgan fingerprint density at radius 2 is 1.71 bits per heavy atom. The molecule has 0 unspecified atom stereocenters. The molecule has 1 aromatic rings. The number of imide groups is 1. The molecule has 10 heteroatoms. The topological polar surface area (TPSA) is 68.8 Å². The van der Waals surface area contributed by atoms with Gasteiger partial charge in [0, 0.05) is 32.4 Å². The molecule has 3 amide bonds. The third kappa shape index (κ3) is 4.63. The Morgan fingerprint density at radius 1 is 0.968 bits per heavy atom. The standard InChI is InChI=1S/C21H28F3N5O2/c22-21(23,24)16-6-7-17(25-14-16)28-11-5-10-27(12-13-28)15-29-18(30)20(26-19(29)31)8-3-1-2-4-9-20/h6-7,14H,1-5,8-13,15H2,(H,26,31). The van der Waals surface area contributed by atoms with E-state index in [2.05, 4.69) is 15.2 Å². The number of halogens is 3. The molecule has 3 heterocycles. The van der Waals surface area contributed by atoms with Gasteiger partial charge in [-0.15, -0.1) is 0 Å². The van der Waals surface area contributed by atoms with E-state index < -0.39 is 17.3 Å². The average Bonchev–Trinajstić information content (AvgIpc) is 3.00. The number of nitrogens with one attached hydrogen (secondary N) is 1. The minimum absolute atomic E-state index is 0.120. The maximum absolute atomic E-state index is 13.1. The van der Waals surface area contributed by atoms with Crippen molar-refractivity contribution in [3.63, 3.8) is 0 Å². The van der Waals surface area contributed by atoms with E-state index in [1.54, 1.807) is 0 Å². The largest absolute Gasteiger partial charge is 0.417 e. The van der Waals surface area contributed by atoms with E-state index in [1.165, 1.54) is 11.0 Å². The van der Waals surface area contributed by atoms with Gasteiger partial charge in [0.05, 0.1) is 12.2 Å². The van der Waals surface area contributed by atoms with Crippen molar-refractivity contribution in [1.82, 2.24) is 20.1 Å². The van der Waals surface area contributed by atoms with Crippen molar-refractivity contribution in [1.29, 1.82) is 0 Å². The van der Waals surface area contributed by atoms with Crippen molar-refractivity contribution in [2.45, 2.75) is 56.7 Å². The third-order valence-electron chi connectivity index (χ3n) is 6.53. The number of hydrogen-bond acceptors (Lipinski definition) is 5. The summed E-state index contributed by atoms with van der Waals surface area (Å²) >= 11 is 0. The third-order valence-corrected chi connectivity index (χ3v) is 6.53. The van der Waals surface area contributed by atoms with Crippen molar-refractivity contribution in [3.05, 3.63) is 23.9 Å². The second-order valence-electron chi connectivity index (χ2n) is 8.66. The van der Waals surface area contributed by atoms with E-state index in [1.807, 2.05) is 4.90 Å². The van der Waals surface area contributed by atoms with E-state index in [4.69, 9.17) is 0 Å². The SMILES string of the molecule is O=C1NC2(CCCCCC2)C(=O)N1CN1CCCN(c2ccc(C(F)(F)F)cn2)CC1. The predicted molar refractivity (Wildman–Crippen MR) is 108 cm³/mol. The minimum atomic E-state index is -4.40. The molecule has 2 aliphatic heterocycles. The smallest absolute Gasteiger partial charge is 0.355 e. The fourth-order valence-electron chi connectivity index (χ4n) is 4.76. The van der Waals surface area contributed by atoms with Crippen molar-refractivity contribution in [2.24, 2.45) is 0 Å². The highest BCUT2D eigenvalue weighted by molar-refractivity contribution is 6.07. The zero-order valence-corrected chi connectivity index (χ0v) is 17.5. The van der Waals surface area contributed by atoms with Crippen LogP contribution in [0.15, 0.2) is 18.3 Å². The highest BCUT2D eigenvalue weighted by Crippen LogP contribution is 2.33. The summed E-state index contributed by atoms with van der Waals surface area (Å²) < 4.78 is 38.3. The van der Waals surface area contributed by atoms with Crippen LogP contribution in [-0.2, 0) is 11.0 Å². The number of amides is 3. The Morgan fingerprint density at radius 3 is 2.35 bits per heavy atom. The summed E-state index contributed by atoms with van der Waals surface area (Å²) in [7, 11) is 0. The fourth-order valence-corrected chi connectivity index (χ4v) is 4.76. The van der Waals surface area contributed by atoms with Crippen LogP contribution in [0.2, 0.25) is 0 Å². The Bertz CT molecular complexity index is 806. The number of anilines is 1. The molecule has 31 heavy (non-hydrogen) atoms. The van der Waals surface area contributed by atoms with E-state index in [9.17, 15) is 22.8 Å². The first-order valence-electron chi connectivity index (χ1n) is 10.9. The maximum atomic E-state index is 13.1. The van der Waals surface area contributed by atoms with E-state index in [0.29, 0.717) is 44.8 Å². The molecule has 0 aromatic carbocycles. The van der Waals surface area contributed by atoms with Crippen LogP contribution in [0.3, 0.4) is 0 Å². The van der Waals surface area contributed by atoms with Crippen LogP contribution >= 0.6 is 0 Å². The van der Waals surface area contributed by atoms with Gasteiger partial charge < -0.3 is 10.2 Å². The molecule has 1 aromatic heterocycles. The molecule has 1 aliphatic carbocycles. The van der Waals surface area contributed by atoms with Gasteiger partial charge in [-0.25, -0.2) is 14.7 Å². The molecule has 3 aliphatic rings. The highest BCUT2D eigenvalue weighted by Gasteiger charge is 2.50. The van der Waals surface area contributed by atoms with E-state index in [-0.39, 0.29) is 18.6 Å². The number of carbonyl (C=O) groups excluding carboxylic acids is 2. The van der Waals surface area contributed by atoms with Crippen LogP contribution in [0.25, 0.3) is 0 Å². The second-order valence-corrected chi connectivity index (χ2v) is 8.66. The number of rotatable bonds is 3. The Balaban J connectivity index is 1.37. The molecule has 0 bridgehead atoms. The summed E-state index contributed by atoms with van der Waals surface area (Å²) in [5, 5.41) is 2.96. The molecular weight excluding hydrogens is 411 g/mol. The first-order chi connectivity index (χ1) is 14.8. The van der Waals surface area contributed by atoms with Crippen molar-refractivity contribution >= 4 is 17.8 Å². The normalized spacial score (nSPS) is 23.1. The molecule has 1 N–H and O–H groups in total. The number of urea groups is 1. The van der Waals surface area contributed by atoms with Gasteiger partial charge in [-0.05, 0) is 31.4 Å². The zero-order valence-electron chi connectivity index (χ0n) is 17.5. The van der Waals surface area contributed by atoms with Crippen LogP contribution in [-0.4, -0.2) is 65.1 Å². The Labute approximate surface area is 179 Å². The molecule has 0 atom stereocenters. The summed E-state index contributed by atoms with van der Waals surface area (Å²) in [5.41, 5.74) is -1.51. The number of carbonyl (C=O) groups is 2. The summed E-state index contributed by atoms with van der Waals surface area (Å²) in [5.74, 6) is 0.382. The maximum Gasteiger partial charge on any atom is 0.417 e. The lowest BCUT2D eigenvalue weighted by atomic mass is 9.90. The number of hydrogen-bond donors (Lipinski definition) is 1. The van der Waals surface area contributed by atoms with Gasteiger partial charge in [0.2, 0.25) is 0 Å². The van der Waals surface area contributed by atoms with Crippen LogP contribution in [0.1, 0.15) is 50.5 Å². The number of nitrogens with zero attached hydrogens (tertiary/aromatic N) is 4. The summed E-state index contributed by atoms with van der Waals surface area (Å²) in [6.45, 7) is 2.74. The minimum Gasteiger partial charge on any atom is -0.355 e. The molecule has 3 fully saturated rings. The van der Waals surface area contributed by atoms with Gasteiger partial charge in [0.25, 0.3) is 5.91 Å². The van der Waals surface area contributed by atoms with Gasteiger partial charge in [-0.3, -0.25) is 9.69 Å². The van der Waals surface area contributed by atoms with E-state index >= 15 is 0 Å². The number of aromatic nitrogens is 1. The van der Waals surface area contributed by atoms with Crippen molar-refractivity contribution < 1.29 is 22.8 Å². The van der Waals surface area contributed by atoms with Crippen molar-refractivity contribution in [2.75, 3.05) is 37.7 Å². The van der Waals surface area contributed by atoms with Crippen LogP contribution in [0.4, 0.5) is 23.8 Å². The lowest BCUT2D eigenvalue weighted by molar-refractivity contribution is -0.138. The van der Waals surface area contributed by atoms with Gasteiger partial charge in [-0.2, -0.15) is 13.2 Å². The van der Waals surface area contributed by atoms with E-state index in [0.717, 1.165) is 44.4 Å². The van der Waals surface area contributed by atoms with Gasteiger partial charge in [0.15, 0.2) is 0 Å². The predicted octanol–water partition coefficient (Wildman–Crippen LogP) is 3.21. The number of alkyl halides is 3. The molecule has 0 radical (unpaired) electrons. The first kappa shape index (κ1) is 21.9. The molecule has 4 rings (SSSR count). The Hall–Kier alpha value is -2.36. The second kappa shape index (κ2) is 8.64. The lowest BCUT2D eigenvalue weighted by Crippen LogP contribution is -2.47. The lowest BCUT2D eigenvalue weighted by Gasteiger charge is -2.27. The summed E-state index contributed by atoms with van der Waals surface area (Å²) in [6, 6.07) is 2.12. The van der Waals surface area contributed by atoms with Crippen LogP contribution in [0, 0.1) is 0 Å². The van der Waals surface area contributed by atoms with Gasteiger partial charge in [0.1, 0.15) is 11.4 Å². The molecule has 1 saturated carbocycles. The van der Waals surface area contributed by atoms with Gasteiger partial charge in [-0.1, -0.05) is 25.7 Å². The fraction of sp³-hybridized carbons (Fsp3) is 0.667. The summed E-state index contributed by atoms with van der Waals surface area (Å²) in [4.78, 5) is 35.0. The Kier molecular flexibility index (Phi) is 6.09. The first-order valence-corrected chi connectivity index (χ1v) is 10.9. The monoisotopic (exact) mass is 439 g/mol. The van der Waals surface area contributed by atoms with Crippen LogP contribution in [0.5, 0.6) is 0 Å². The quantitative estimate of drug-likeness (QED) is 0.733. The zero-order chi connectivity index (χ0) is 22.1. The number of pyridine rings is 1. The van der Waals surface area contributed by atoms with Crippen molar-refractivity contribution in [3.8, 4) is 0 Å². The average molecular weight is 439 g/mol. The van der Waals surface area contributed by atoms with Crippen LogP contribution < -0.4 is 10.2 Å². The molecule has 1 spiro atoms. The van der Waals surface area contributed by atoms with Gasteiger partial charge >= 0.3 is 12.2 Å².